The molecule has 0 bridgehead atoms. The molecule has 4 rings (SSSR count). The van der Waals surface area contributed by atoms with E-state index < -0.39 is 28.7 Å². The first-order chi connectivity index (χ1) is 14.1. The number of hydrogen-bond donors (Lipinski definition) is 0. The Morgan fingerprint density at radius 2 is 1.73 bits per heavy atom. The van der Waals surface area contributed by atoms with Crippen LogP contribution in [0.15, 0.2) is 71.7 Å². The van der Waals surface area contributed by atoms with E-state index in [9.17, 15) is 13.0 Å². The molecule has 0 spiro atoms. The summed E-state index contributed by atoms with van der Waals surface area (Å²) in [4.78, 5) is 0.110. The molecule has 7 heteroatoms. The van der Waals surface area contributed by atoms with Gasteiger partial charge in [-0.2, -0.15) is 0 Å². The van der Waals surface area contributed by atoms with Crippen molar-refractivity contribution in [1.29, 1.82) is 0 Å². The van der Waals surface area contributed by atoms with Crippen molar-refractivity contribution in [1.82, 2.24) is 4.08 Å². The summed E-state index contributed by atoms with van der Waals surface area (Å²) in [6, 6.07) is 11.6. The highest BCUT2D eigenvalue weighted by molar-refractivity contribution is 7.95. The molecule has 0 N–H and O–H groups in total. The van der Waals surface area contributed by atoms with Crippen molar-refractivity contribution in [3.63, 3.8) is 0 Å². The lowest BCUT2D eigenvalue weighted by molar-refractivity contribution is 0.336. The van der Waals surface area contributed by atoms with Gasteiger partial charge in [-0.3, -0.25) is 4.57 Å². The summed E-state index contributed by atoms with van der Waals surface area (Å²) < 4.78 is 49.6. The van der Waals surface area contributed by atoms with Gasteiger partial charge >= 0.3 is 7.52 Å². The van der Waals surface area contributed by atoms with Crippen molar-refractivity contribution in [3.8, 4) is 5.75 Å². The summed E-state index contributed by atoms with van der Waals surface area (Å²) in [7, 11) is -8.00. The molecule has 0 fully saturated rings. The Morgan fingerprint density at radius 3 is 2.37 bits per heavy atom. The Kier molecular flexibility index (Phi) is 5.08. The van der Waals surface area contributed by atoms with E-state index in [2.05, 4.69) is 0 Å². The van der Waals surface area contributed by atoms with Gasteiger partial charge in [-0.1, -0.05) is 59.7 Å². The summed E-state index contributed by atoms with van der Waals surface area (Å²) >= 11 is 0. The third-order valence-corrected chi connectivity index (χ3v) is 11.8. The van der Waals surface area contributed by atoms with Crippen LogP contribution in [0.5, 0.6) is 5.75 Å². The Balaban J connectivity index is 1.96. The summed E-state index contributed by atoms with van der Waals surface area (Å²) in [6.07, 6.45) is 7.80. The maximum atomic E-state index is 14.6. The van der Waals surface area contributed by atoms with E-state index in [4.69, 9.17) is 4.52 Å². The van der Waals surface area contributed by atoms with Gasteiger partial charge in [0, 0.05) is 5.56 Å². The SMILES string of the molecule is Cc1ccc(S(=O)(=O)N2[C@H](C)c3cc(C)ccc3O[P@]2(=O)C2(C)C=CC=CC2)cc1. The standard InChI is InChI=1S/C23H26NO4PS/c1-17-8-11-20(12-9-17)30(26,27)24-19(3)21-16-18(2)10-13-22(21)28-29(24,25)23(4)14-6-5-7-15-23/h5-14,16,19H,15H2,1-4H3/t19-,23?,29-/m1/s1. The third kappa shape index (κ3) is 3.18. The number of allylic oxidation sites excluding steroid dienone is 4. The number of fused-ring (bicyclic) bond motifs is 1. The second-order valence-corrected chi connectivity index (χ2v) is 13.0. The third-order valence-electron chi connectivity index (χ3n) is 5.87. The van der Waals surface area contributed by atoms with Gasteiger partial charge in [0.05, 0.1) is 16.1 Å². The molecule has 158 valence electrons. The number of benzene rings is 2. The first-order valence-electron chi connectivity index (χ1n) is 9.95. The maximum Gasteiger partial charge on any atom is 0.343 e. The molecule has 0 amide bonds. The van der Waals surface area contributed by atoms with Gasteiger partial charge in [-0.25, -0.2) is 8.42 Å². The minimum atomic E-state index is -4.09. The molecule has 2 aromatic rings. The second kappa shape index (κ2) is 7.23. The molecule has 1 unspecified atom stereocenters. The molecular formula is C23H26NO4PS. The van der Waals surface area contributed by atoms with Gasteiger partial charge in [-0.15, -0.1) is 4.08 Å². The lowest BCUT2D eigenvalue weighted by atomic mass is 10.0. The molecule has 0 radical (unpaired) electrons. The highest BCUT2D eigenvalue weighted by Crippen LogP contribution is 2.70. The van der Waals surface area contributed by atoms with Gasteiger partial charge in [0.2, 0.25) is 0 Å². The fourth-order valence-corrected chi connectivity index (χ4v) is 9.68. The molecule has 0 saturated heterocycles. The van der Waals surface area contributed by atoms with Gasteiger partial charge in [-0.05, 0) is 52.3 Å². The van der Waals surface area contributed by atoms with Crippen LogP contribution in [0.3, 0.4) is 0 Å². The quantitative estimate of drug-likeness (QED) is 0.553. The molecule has 0 aromatic heterocycles. The highest BCUT2D eigenvalue weighted by Gasteiger charge is 2.58. The molecule has 1 heterocycles. The molecule has 1 aliphatic heterocycles. The largest absolute Gasteiger partial charge is 0.431 e. The number of sulfonamides is 1. The van der Waals surface area contributed by atoms with Crippen LogP contribution in [0.4, 0.5) is 0 Å². The van der Waals surface area contributed by atoms with E-state index in [0.29, 0.717) is 12.2 Å². The number of hydrogen-bond acceptors (Lipinski definition) is 4. The topological polar surface area (TPSA) is 63.7 Å². The fraction of sp³-hybridized carbons (Fsp3) is 0.304. The smallest absolute Gasteiger partial charge is 0.343 e. The molecule has 2 aromatic carbocycles. The molecule has 30 heavy (non-hydrogen) atoms. The molecule has 2 aliphatic rings. The summed E-state index contributed by atoms with van der Waals surface area (Å²) in [5, 5.41) is -0.976. The zero-order chi connectivity index (χ0) is 21.7. The number of aryl methyl sites for hydroxylation is 2. The fourth-order valence-electron chi connectivity index (χ4n) is 4.02. The van der Waals surface area contributed by atoms with Crippen LogP contribution >= 0.6 is 7.52 Å². The van der Waals surface area contributed by atoms with E-state index >= 15 is 0 Å². The normalized spacial score (nSPS) is 28.7. The molecule has 3 atom stereocenters. The van der Waals surface area contributed by atoms with Crippen molar-refractivity contribution in [2.45, 2.75) is 50.2 Å². The predicted octanol–water partition coefficient (Wildman–Crippen LogP) is 5.92. The zero-order valence-corrected chi connectivity index (χ0v) is 19.3. The van der Waals surface area contributed by atoms with Gasteiger partial charge in [0.25, 0.3) is 10.0 Å². The van der Waals surface area contributed by atoms with E-state index in [0.717, 1.165) is 20.8 Å². The average molecular weight is 444 g/mol. The Bertz CT molecular complexity index is 1200. The van der Waals surface area contributed by atoms with Gasteiger partial charge in [0.15, 0.2) is 0 Å². The van der Waals surface area contributed by atoms with Crippen LogP contribution in [-0.2, 0) is 14.6 Å². The van der Waals surface area contributed by atoms with Gasteiger partial charge < -0.3 is 4.52 Å². The van der Waals surface area contributed by atoms with Crippen LogP contribution in [0.2, 0.25) is 0 Å². The molecular weight excluding hydrogens is 417 g/mol. The Morgan fingerprint density at radius 1 is 1.07 bits per heavy atom. The van der Waals surface area contributed by atoms with Crippen LogP contribution in [0, 0.1) is 13.8 Å². The summed E-state index contributed by atoms with van der Waals surface area (Å²) in [5.74, 6) is 0.482. The highest BCUT2D eigenvalue weighted by atomic mass is 32.2. The zero-order valence-electron chi connectivity index (χ0n) is 17.6. The van der Waals surface area contributed by atoms with Crippen LogP contribution in [-0.4, -0.2) is 17.6 Å². The van der Waals surface area contributed by atoms with Crippen molar-refractivity contribution >= 4 is 17.5 Å². The van der Waals surface area contributed by atoms with E-state index in [-0.39, 0.29) is 4.90 Å². The predicted molar refractivity (Wildman–Crippen MR) is 119 cm³/mol. The Hall–Kier alpha value is -2.14. The van der Waals surface area contributed by atoms with Crippen LogP contribution in [0.1, 0.15) is 43.0 Å². The first-order valence-corrected chi connectivity index (χ1v) is 13.0. The summed E-state index contributed by atoms with van der Waals surface area (Å²) in [5.41, 5.74) is 2.66. The number of rotatable bonds is 3. The van der Waals surface area contributed by atoms with Gasteiger partial charge in [0.1, 0.15) is 5.75 Å². The van der Waals surface area contributed by atoms with E-state index in [1.165, 1.54) is 0 Å². The van der Waals surface area contributed by atoms with Crippen LogP contribution < -0.4 is 4.52 Å². The van der Waals surface area contributed by atoms with E-state index in [1.807, 2.05) is 38.1 Å². The summed E-state index contributed by atoms with van der Waals surface area (Å²) in [6.45, 7) is 7.42. The average Bonchev–Trinajstić information content (AvgIpc) is 2.69. The molecule has 0 saturated carbocycles. The molecule has 5 nitrogen and oxygen atoms in total. The second-order valence-electron chi connectivity index (χ2n) is 8.27. The van der Waals surface area contributed by atoms with Crippen molar-refractivity contribution in [2.24, 2.45) is 0 Å². The number of nitrogens with zero attached hydrogens (tertiary/aromatic N) is 1. The first kappa shape index (κ1) is 21.1. The monoisotopic (exact) mass is 443 g/mol. The van der Waals surface area contributed by atoms with Crippen molar-refractivity contribution in [2.75, 3.05) is 0 Å². The van der Waals surface area contributed by atoms with Crippen molar-refractivity contribution in [3.05, 3.63) is 83.5 Å². The van der Waals surface area contributed by atoms with Crippen LogP contribution in [0.25, 0.3) is 0 Å². The molecule has 1 aliphatic carbocycles. The lowest BCUT2D eigenvalue weighted by Gasteiger charge is -2.46. The maximum absolute atomic E-state index is 14.6. The lowest BCUT2D eigenvalue weighted by Crippen LogP contribution is -2.43. The van der Waals surface area contributed by atoms with Crippen molar-refractivity contribution < 1.29 is 17.5 Å². The minimum absolute atomic E-state index is 0.110. The Labute approximate surface area is 178 Å². The minimum Gasteiger partial charge on any atom is -0.431 e. The van der Waals surface area contributed by atoms with E-state index in [1.54, 1.807) is 56.3 Å².